The van der Waals surface area contributed by atoms with Crippen molar-refractivity contribution in [3.8, 4) is 0 Å². The molecule has 22 heavy (non-hydrogen) atoms. The largest absolute Gasteiger partial charge is 0.358 e. The van der Waals surface area contributed by atoms with Crippen LogP contribution in [0, 0.1) is 6.92 Å². The molecule has 0 saturated heterocycles. The highest BCUT2D eigenvalue weighted by Crippen LogP contribution is 2.29. The molecule has 0 aromatic heterocycles. The first kappa shape index (κ1) is 16.5. The van der Waals surface area contributed by atoms with E-state index >= 15 is 0 Å². The summed E-state index contributed by atoms with van der Waals surface area (Å²) in [5.41, 5.74) is 4.89. The van der Waals surface area contributed by atoms with Crippen molar-refractivity contribution in [1.82, 2.24) is 5.32 Å². The molecule has 116 valence electrons. The monoisotopic (exact) mass is 312 g/mol. The van der Waals surface area contributed by atoms with Gasteiger partial charge in [-0.1, -0.05) is 68.8 Å². The Balaban J connectivity index is 1.99. The summed E-state index contributed by atoms with van der Waals surface area (Å²) >= 11 is 5.42. The summed E-state index contributed by atoms with van der Waals surface area (Å²) in [4.78, 5) is 0. The Hall–Kier alpha value is -1.87. The van der Waals surface area contributed by atoms with Gasteiger partial charge in [-0.25, -0.2) is 0 Å². The molecule has 0 heterocycles. The fourth-order valence-corrected chi connectivity index (χ4v) is 2.48. The number of hydrogen-bond donors (Lipinski definition) is 2. The molecule has 0 saturated carbocycles. The lowest BCUT2D eigenvalue weighted by Gasteiger charge is -2.23. The minimum atomic E-state index is 0.0795. The van der Waals surface area contributed by atoms with Crippen molar-refractivity contribution in [1.29, 1.82) is 0 Å². The van der Waals surface area contributed by atoms with Crippen LogP contribution in [0.3, 0.4) is 0 Å². The highest BCUT2D eigenvalue weighted by atomic mass is 32.1. The normalized spacial score (nSPS) is 11.1. The van der Waals surface area contributed by atoms with Gasteiger partial charge in [0.1, 0.15) is 0 Å². The quantitative estimate of drug-likeness (QED) is 0.798. The Morgan fingerprint density at radius 2 is 1.64 bits per heavy atom. The average Bonchev–Trinajstić information content (AvgIpc) is 2.46. The molecule has 0 bridgehead atoms. The van der Waals surface area contributed by atoms with Gasteiger partial charge >= 0.3 is 0 Å². The van der Waals surface area contributed by atoms with Crippen molar-refractivity contribution in [3.05, 3.63) is 65.2 Å². The highest BCUT2D eigenvalue weighted by molar-refractivity contribution is 7.80. The number of aryl methyl sites for hydroxylation is 1. The maximum Gasteiger partial charge on any atom is 0.171 e. The molecule has 3 heteroatoms. The average molecular weight is 312 g/mol. The van der Waals surface area contributed by atoms with Crippen molar-refractivity contribution < 1.29 is 0 Å². The Kier molecular flexibility index (Phi) is 5.19. The molecule has 0 fully saturated rings. The van der Waals surface area contributed by atoms with E-state index in [-0.39, 0.29) is 5.41 Å². The van der Waals surface area contributed by atoms with Gasteiger partial charge in [-0.15, -0.1) is 0 Å². The maximum absolute atomic E-state index is 5.42. The molecular weight excluding hydrogens is 288 g/mol. The van der Waals surface area contributed by atoms with Gasteiger partial charge in [0.2, 0.25) is 0 Å². The molecule has 0 aliphatic rings. The molecule has 0 aliphatic heterocycles. The van der Waals surface area contributed by atoms with Crippen LogP contribution in [0.15, 0.2) is 48.5 Å². The van der Waals surface area contributed by atoms with E-state index < -0.39 is 0 Å². The summed E-state index contributed by atoms with van der Waals surface area (Å²) in [6.45, 7) is 9.43. The van der Waals surface area contributed by atoms with E-state index in [2.05, 4.69) is 80.8 Å². The highest BCUT2D eigenvalue weighted by Gasteiger charge is 2.17. The zero-order chi connectivity index (χ0) is 16.2. The summed E-state index contributed by atoms with van der Waals surface area (Å²) in [5, 5.41) is 7.24. The first-order valence-electron chi connectivity index (χ1n) is 7.56. The number of hydrogen-bond acceptors (Lipinski definition) is 1. The van der Waals surface area contributed by atoms with Crippen LogP contribution in [-0.4, -0.2) is 5.11 Å². The van der Waals surface area contributed by atoms with Gasteiger partial charge in [0.15, 0.2) is 5.11 Å². The molecule has 2 N–H and O–H groups in total. The predicted molar refractivity (Wildman–Crippen MR) is 99.4 cm³/mol. The summed E-state index contributed by atoms with van der Waals surface area (Å²) in [5.74, 6) is 0. The Morgan fingerprint density at radius 1 is 1.00 bits per heavy atom. The zero-order valence-corrected chi connectivity index (χ0v) is 14.6. The minimum Gasteiger partial charge on any atom is -0.358 e. The van der Waals surface area contributed by atoms with E-state index in [9.17, 15) is 0 Å². The standard InChI is InChI=1S/C19H24N2S/c1-14-9-11-15(12-10-14)13-20-18(22)21-17-8-6-5-7-16(17)19(2,3)4/h5-12H,13H2,1-4H3,(H2,20,21,22). The predicted octanol–water partition coefficient (Wildman–Crippen LogP) is 4.78. The van der Waals surface area contributed by atoms with Crippen LogP contribution < -0.4 is 10.6 Å². The van der Waals surface area contributed by atoms with Gasteiger partial charge in [0.25, 0.3) is 0 Å². The van der Waals surface area contributed by atoms with Gasteiger partial charge in [-0.05, 0) is 41.7 Å². The van der Waals surface area contributed by atoms with E-state index in [1.54, 1.807) is 0 Å². The summed E-state index contributed by atoms with van der Waals surface area (Å²) in [6, 6.07) is 16.8. The van der Waals surface area contributed by atoms with Crippen molar-refractivity contribution in [3.63, 3.8) is 0 Å². The van der Waals surface area contributed by atoms with E-state index in [4.69, 9.17) is 12.2 Å². The molecule has 0 aliphatic carbocycles. The van der Waals surface area contributed by atoms with Crippen LogP contribution in [0.25, 0.3) is 0 Å². The van der Waals surface area contributed by atoms with Crippen molar-refractivity contribution >= 4 is 23.0 Å². The molecule has 2 rings (SSSR count). The van der Waals surface area contributed by atoms with Gasteiger partial charge in [0.05, 0.1) is 0 Å². The van der Waals surface area contributed by atoms with Crippen LogP contribution in [-0.2, 0) is 12.0 Å². The van der Waals surface area contributed by atoms with Crippen LogP contribution in [0.5, 0.6) is 0 Å². The summed E-state index contributed by atoms with van der Waals surface area (Å²) in [7, 11) is 0. The second-order valence-electron chi connectivity index (χ2n) is 6.59. The topological polar surface area (TPSA) is 24.1 Å². The summed E-state index contributed by atoms with van der Waals surface area (Å²) < 4.78 is 0. The minimum absolute atomic E-state index is 0.0795. The van der Waals surface area contributed by atoms with E-state index in [1.165, 1.54) is 16.7 Å². The Labute approximate surface area is 139 Å². The number of nitrogens with one attached hydrogen (secondary N) is 2. The fraction of sp³-hybridized carbons (Fsp3) is 0.316. The van der Waals surface area contributed by atoms with E-state index in [0.717, 1.165) is 12.2 Å². The second kappa shape index (κ2) is 6.93. The summed E-state index contributed by atoms with van der Waals surface area (Å²) in [6.07, 6.45) is 0. The molecule has 0 spiro atoms. The first-order chi connectivity index (χ1) is 10.4. The Bertz CT molecular complexity index is 639. The smallest absolute Gasteiger partial charge is 0.171 e. The molecule has 2 nitrogen and oxygen atoms in total. The van der Waals surface area contributed by atoms with Gasteiger partial charge < -0.3 is 10.6 Å². The lowest BCUT2D eigenvalue weighted by atomic mass is 9.86. The zero-order valence-electron chi connectivity index (χ0n) is 13.7. The van der Waals surface area contributed by atoms with Crippen LogP contribution >= 0.6 is 12.2 Å². The Morgan fingerprint density at radius 3 is 2.27 bits per heavy atom. The molecule has 0 atom stereocenters. The fourth-order valence-electron chi connectivity index (χ4n) is 2.30. The van der Waals surface area contributed by atoms with Gasteiger partial charge in [0, 0.05) is 12.2 Å². The lowest BCUT2D eigenvalue weighted by Crippen LogP contribution is -2.29. The molecule has 2 aromatic carbocycles. The molecule has 0 radical (unpaired) electrons. The van der Waals surface area contributed by atoms with Crippen molar-refractivity contribution in [2.75, 3.05) is 5.32 Å². The number of para-hydroxylation sites is 1. The number of rotatable bonds is 3. The van der Waals surface area contributed by atoms with E-state index in [0.29, 0.717) is 5.11 Å². The SMILES string of the molecule is Cc1ccc(CNC(=S)Nc2ccccc2C(C)(C)C)cc1. The maximum atomic E-state index is 5.42. The third-order valence-corrected chi connectivity index (χ3v) is 3.80. The van der Waals surface area contributed by atoms with Crippen molar-refractivity contribution in [2.45, 2.75) is 39.7 Å². The van der Waals surface area contributed by atoms with Crippen molar-refractivity contribution in [2.24, 2.45) is 0 Å². The molecule has 0 unspecified atom stereocenters. The second-order valence-corrected chi connectivity index (χ2v) is 7.00. The number of benzene rings is 2. The van der Waals surface area contributed by atoms with Crippen LogP contribution in [0.4, 0.5) is 5.69 Å². The third kappa shape index (κ3) is 4.57. The van der Waals surface area contributed by atoms with Gasteiger partial charge in [-0.3, -0.25) is 0 Å². The third-order valence-electron chi connectivity index (χ3n) is 3.56. The lowest BCUT2D eigenvalue weighted by molar-refractivity contribution is 0.592. The number of anilines is 1. The number of thiocarbonyl (C=S) groups is 1. The molecule has 0 amide bonds. The van der Waals surface area contributed by atoms with E-state index in [1.807, 2.05) is 6.07 Å². The van der Waals surface area contributed by atoms with Crippen LogP contribution in [0.2, 0.25) is 0 Å². The van der Waals surface area contributed by atoms with Gasteiger partial charge in [-0.2, -0.15) is 0 Å². The molecular formula is C19H24N2S. The molecule has 2 aromatic rings. The first-order valence-corrected chi connectivity index (χ1v) is 7.97. The van der Waals surface area contributed by atoms with Crippen LogP contribution in [0.1, 0.15) is 37.5 Å².